The molecule has 0 bridgehead atoms. The van der Waals surface area contributed by atoms with Gasteiger partial charge in [-0.1, -0.05) is 18.2 Å². The van der Waals surface area contributed by atoms with Crippen LogP contribution >= 0.6 is 0 Å². The lowest BCUT2D eigenvalue weighted by Crippen LogP contribution is -2.33. The number of alkyl carbamates (subject to hydrolysis) is 1. The number of ether oxygens (including phenoxy) is 1. The first kappa shape index (κ1) is 17.5. The van der Waals surface area contributed by atoms with Crippen molar-refractivity contribution in [1.82, 2.24) is 20.1 Å². The quantitative estimate of drug-likeness (QED) is 0.814. The first-order chi connectivity index (χ1) is 11.9. The zero-order valence-electron chi connectivity index (χ0n) is 15.2. The van der Waals surface area contributed by atoms with Gasteiger partial charge >= 0.3 is 6.09 Å². The van der Waals surface area contributed by atoms with E-state index in [-0.39, 0.29) is 6.09 Å². The molecule has 0 saturated heterocycles. The van der Waals surface area contributed by atoms with Crippen LogP contribution in [0, 0.1) is 0 Å². The van der Waals surface area contributed by atoms with Crippen LogP contribution in [0.4, 0.5) is 4.79 Å². The van der Waals surface area contributed by atoms with Gasteiger partial charge in [0.05, 0.1) is 0 Å². The summed E-state index contributed by atoms with van der Waals surface area (Å²) in [6, 6.07) is 10.2. The normalized spacial score (nSPS) is 14.4. The van der Waals surface area contributed by atoms with E-state index in [4.69, 9.17) is 4.74 Å². The molecule has 1 aromatic carbocycles. The van der Waals surface area contributed by atoms with E-state index in [9.17, 15) is 4.79 Å². The summed E-state index contributed by atoms with van der Waals surface area (Å²) in [5, 5.41) is 11.6. The Labute approximate surface area is 148 Å². The van der Waals surface area contributed by atoms with Crippen LogP contribution in [-0.4, -0.2) is 33.0 Å². The highest BCUT2D eigenvalue weighted by Gasteiger charge is 2.30. The van der Waals surface area contributed by atoms with Crippen LogP contribution < -0.4 is 5.32 Å². The SMILES string of the molecule is CC(C)(C)OC(=O)NCCCc1nnc(C2CC2)n1-c1ccccc1. The number of amides is 1. The van der Waals surface area contributed by atoms with Crippen LogP contribution in [-0.2, 0) is 11.2 Å². The molecule has 1 fully saturated rings. The Hall–Kier alpha value is -2.37. The van der Waals surface area contributed by atoms with Crippen LogP contribution in [0.3, 0.4) is 0 Å². The van der Waals surface area contributed by atoms with Crippen molar-refractivity contribution in [2.75, 3.05) is 6.54 Å². The molecule has 6 nitrogen and oxygen atoms in total. The van der Waals surface area contributed by atoms with Gasteiger partial charge in [-0.25, -0.2) is 4.79 Å². The van der Waals surface area contributed by atoms with Crippen LogP contribution in [0.2, 0.25) is 0 Å². The minimum absolute atomic E-state index is 0.379. The molecule has 1 heterocycles. The predicted molar refractivity (Wildman–Crippen MR) is 95.9 cm³/mol. The average Bonchev–Trinajstić information content (AvgIpc) is 3.31. The highest BCUT2D eigenvalue weighted by atomic mass is 16.6. The van der Waals surface area contributed by atoms with Gasteiger partial charge in [-0.05, 0) is 52.2 Å². The molecule has 3 rings (SSSR count). The van der Waals surface area contributed by atoms with E-state index in [0.29, 0.717) is 12.5 Å². The number of hydrogen-bond donors (Lipinski definition) is 1. The zero-order valence-corrected chi connectivity index (χ0v) is 15.2. The summed E-state index contributed by atoms with van der Waals surface area (Å²) < 4.78 is 7.42. The average molecular weight is 342 g/mol. The number of nitrogens with zero attached hydrogens (tertiary/aromatic N) is 3. The summed E-state index contributed by atoms with van der Waals surface area (Å²) in [4.78, 5) is 11.7. The maximum Gasteiger partial charge on any atom is 0.407 e. The van der Waals surface area contributed by atoms with E-state index in [1.165, 1.54) is 12.8 Å². The Morgan fingerprint density at radius 3 is 2.60 bits per heavy atom. The highest BCUT2D eigenvalue weighted by Crippen LogP contribution is 2.40. The van der Waals surface area contributed by atoms with Gasteiger partial charge in [0.15, 0.2) is 0 Å². The second-order valence-corrected chi connectivity index (χ2v) is 7.45. The summed E-state index contributed by atoms with van der Waals surface area (Å²) in [7, 11) is 0. The van der Waals surface area contributed by atoms with Gasteiger partial charge in [-0.3, -0.25) is 4.57 Å². The van der Waals surface area contributed by atoms with Crippen LogP contribution in [0.15, 0.2) is 30.3 Å². The van der Waals surface area contributed by atoms with Gasteiger partial charge in [0.2, 0.25) is 0 Å². The third-order valence-electron chi connectivity index (χ3n) is 3.96. The van der Waals surface area contributed by atoms with Crippen molar-refractivity contribution in [3.8, 4) is 5.69 Å². The van der Waals surface area contributed by atoms with Crippen molar-refractivity contribution in [2.24, 2.45) is 0 Å². The fraction of sp³-hybridized carbons (Fsp3) is 0.526. The van der Waals surface area contributed by atoms with E-state index in [1.807, 2.05) is 39.0 Å². The number of rotatable bonds is 6. The lowest BCUT2D eigenvalue weighted by molar-refractivity contribution is 0.0527. The Bertz CT molecular complexity index is 715. The Balaban J connectivity index is 1.61. The molecule has 1 N–H and O–H groups in total. The smallest absolute Gasteiger partial charge is 0.407 e. The first-order valence-electron chi connectivity index (χ1n) is 8.90. The van der Waals surface area contributed by atoms with Crippen LogP contribution in [0.25, 0.3) is 5.69 Å². The number of para-hydroxylation sites is 1. The minimum Gasteiger partial charge on any atom is -0.444 e. The van der Waals surface area contributed by atoms with Gasteiger partial charge in [-0.15, -0.1) is 10.2 Å². The van der Waals surface area contributed by atoms with Gasteiger partial charge in [0.25, 0.3) is 0 Å². The third-order valence-corrected chi connectivity index (χ3v) is 3.96. The fourth-order valence-corrected chi connectivity index (χ4v) is 2.71. The summed E-state index contributed by atoms with van der Waals surface area (Å²) in [6.45, 7) is 6.12. The van der Waals surface area contributed by atoms with Crippen LogP contribution in [0.1, 0.15) is 57.6 Å². The monoisotopic (exact) mass is 342 g/mol. The van der Waals surface area contributed by atoms with Crippen molar-refractivity contribution < 1.29 is 9.53 Å². The molecule has 1 aliphatic rings. The topological polar surface area (TPSA) is 69.0 Å². The molecule has 1 aromatic heterocycles. The molecule has 1 aliphatic carbocycles. The molecule has 134 valence electrons. The molecule has 0 spiro atoms. The molecule has 0 radical (unpaired) electrons. The predicted octanol–water partition coefficient (Wildman–Crippen LogP) is 3.60. The van der Waals surface area contributed by atoms with Gasteiger partial charge in [0, 0.05) is 24.6 Å². The van der Waals surface area contributed by atoms with E-state index in [2.05, 4.69) is 32.2 Å². The molecular weight excluding hydrogens is 316 g/mol. The van der Waals surface area contributed by atoms with E-state index in [0.717, 1.165) is 30.2 Å². The van der Waals surface area contributed by atoms with E-state index >= 15 is 0 Å². The number of benzene rings is 1. The third kappa shape index (κ3) is 4.81. The molecule has 0 aliphatic heterocycles. The molecule has 2 aromatic rings. The summed E-state index contributed by atoms with van der Waals surface area (Å²) in [5.74, 6) is 2.53. The van der Waals surface area contributed by atoms with E-state index < -0.39 is 5.60 Å². The molecule has 0 unspecified atom stereocenters. The molecule has 25 heavy (non-hydrogen) atoms. The number of nitrogens with one attached hydrogen (secondary N) is 1. The van der Waals surface area contributed by atoms with Crippen molar-refractivity contribution in [3.63, 3.8) is 0 Å². The molecule has 6 heteroatoms. The Morgan fingerprint density at radius 2 is 1.96 bits per heavy atom. The maximum atomic E-state index is 11.7. The zero-order chi connectivity index (χ0) is 17.9. The first-order valence-corrected chi connectivity index (χ1v) is 8.90. The molecule has 0 atom stereocenters. The number of aryl methyl sites for hydroxylation is 1. The molecule has 1 saturated carbocycles. The summed E-state index contributed by atoms with van der Waals surface area (Å²) in [5.41, 5.74) is 0.626. The minimum atomic E-state index is -0.475. The highest BCUT2D eigenvalue weighted by molar-refractivity contribution is 5.67. The van der Waals surface area contributed by atoms with Crippen molar-refractivity contribution >= 4 is 6.09 Å². The Morgan fingerprint density at radius 1 is 1.24 bits per heavy atom. The summed E-state index contributed by atoms with van der Waals surface area (Å²) >= 11 is 0. The van der Waals surface area contributed by atoms with Crippen molar-refractivity contribution in [1.29, 1.82) is 0 Å². The number of aromatic nitrogens is 3. The second-order valence-electron chi connectivity index (χ2n) is 7.45. The Kier molecular flexibility index (Phi) is 5.06. The van der Waals surface area contributed by atoms with E-state index in [1.54, 1.807) is 0 Å². The fourth-order valence-electron chi connectivity index (χ4n) is 2.71. The second kappa shape index (κ2) is 7.25. The molecular formula is C19H26N4O2. The molecule has 1 amide bonds. The number of hydrogen-bond acceptors (Lipinski definition) is 4. The van der Waals surface area contributed by atoms with Gasteiger partial charge in [0.1, 0.15) is 17.2 Å². The van der Waals surface area contributed by atoms with Crippen molar-refractivity contribution in [2.45, 2.75) is 58.0 Å². The maximum absolute atomic E-state index is 11.7. The van der Waals surface area contributed by atoms with Crippen LogP contribution in [0.5, 0.6) is 0 Å². The van der Waals surface area contributed by atoms with Gasteiger partial charge < -0.3 is 10.1 Å². The lowest BCUT2D eigenvalue weighted by atomic mass is 10.2. The summed E-state index contributed by atoms with van der Waals surface area (Å²) in [6.07, 6.45) is 3.53. The number of carbonyl (C=O) groups is 1. The van der Waals surface area contributed by atoms with Gasteiger partial charge in [-0.2, -0.15) is 0 Å². The lowest BCUT2D eigenvalue weighted by Gasteiger charge is -2.19. The largest absolute Gasteiger partial charge is 0.444 e. The number of carbonyl (C=O) groups excluding carboxylic acids is 1. The standard InChI is InChI=1S/C19H26N4O2/c1-19(2,3)25-18(24)20-13-7-10-16-21-22-17(14-11-12-14)23(16)15-8-5-4-6-9-15/h4-6,8-9,14H,7,10-13H2,1-3H3,(H,20,24). The van der Waals surface area contributed by atoms with Crippen molar-refractivity contribution in [3.05, 3.63) is 42.0 Å².